The molecule has 0 radical (unpaired) electrons. The summed E-state index contributed by atoms with van der Waals surface area (Å²) in [5.41, 5.74) is 8.54. The molecule has 6 aromatic carbocycles. The third-order valence-electron chi connectivity index (χ3n) is 12.4. The highest BCUT2D eigenvalue weighted by Gasteiger charge is 2.27. The van der Waals surface area contributed by atoms with Gasteiger partial charge in [-0.2, -0.15) is 0 Å². The van der Waals surface area contributed by atoms with Crippen LogP contribution in [0.25, 0.3) is 50.2 Å². The van der Waals surface area contributed by atoms with E-state index >= 15 is 0 Å². The Balaban J connectivity index is 1.11. The molecule has 0 amide bonds. The lowest BCUT2D eigenvalue weighted by molar-refractivity contribution is -0.426. The number of non-ortho nitro benzene ring substituents is 1. The summed E-state index contributed by atoms with van der Waals surface area (Å²) >= 11 is 0. The number of aromatic nitrogens is 2. The van der Waals surface area contributed by atoms with Gasteiger partial charge in [-0.3, -0.25) is 20.2 Å². The van der Waals surface area contributed by atoms with Crippen molar-refractivity contribution in [3.8, 4) is 28.6 Å². The van der Waals surface area contributed by atoms with Crippen LogP contribution < -0.4 is 19.1 Å². The Kier molecular flexibility index (Phi) is 15.2. The molecule has 16 heteroatoms. The molecule has 0 saturated heterocycles. The van der Waals surface area contributed by atoms with E-state index in [2.05, 4.69) is 32.2 Å². The van der Waals surface area contributed by atoms with Crippen LogP contribution in [0.4, 0.5) is 22.7 Å². The molecule has 16 nitrogen and oxygen atoms in total. The van der Waals surface area contributed by atoms with Gasteiger partial charge in [-0.05, 0) is 136 Å². The number of anilines is 3. The van der Waals surface area contributed by atoms with Crippen LogP contribution in [-0.4, -0.2) is 92.2 Å². The number of hydrogen-bond acceptors (Lipinski definition) is 12. The minimum atomic E-state index is -0.380. The maximum atomic E-state index is 12.3. The Morgan fingerprint density at radius 2 is 0.986 bits per heavy atom. The molecule has 0 bridgehead atoms. The summed E-state index contributed by atoms with van der Waals surface area (Å²) in [6.45, 7) is 8.89. The highest BCUT2D eigenvalue weighted by atomic mass is 16.6. The SMILES string of the molecule is CCOCCOCCOc1ccc(-n2c3c(c4cc(N(c5ccc(OC)cc5)c5ccc6c(c5)c5cc([N+](=O)[O-])ccc5n6-c5ccc(OCCOCCOCC)cc5)ccc42)C=C([N+](=O)[O-])CC3)cc1. The summed E-state index contributed by atoms with van der Waals surface area (Å²) < 4.78 is 43.6. The van der Waals surface area contributed by atoms with Crippen LogP contribution in [0.15, 0.2) is 133 Å². The van der Waals surface area contributed by atoms with Gasteiger partial charge in [-0.1, -0.05) is 0 Å². The highest BCUT2D eigenvalue weighted by molar-refractivity contribution is 6.11. The molecule has 0 N–H and O–H groups in total. The van der Waals surface area contributed by atoms with Crippen molar-refractivity contribution in [2.24, 2.45) is 0 Å². The first-order chi connectivity index (χ1) is 34.8. The lowest BCUT2D eigenvalue weighted by atomic mass is 9.99. The Morgan fingerprint density at radius 3 is 1.54 bits per heavy atom. The third kappa shape index (κ3) is 10.6. The van der Waals surface area contributed by atoms with Gasteiger partial charge in [-0.25, -0.2) is 0 Å². The number of fused-ring (bicyclic) bond motifs is 6. The minimum absolute atomic E-state index is 0.0241. The number of rotatable bonds is 24. The second-order valence-electron chi connectivity index (χ2n) is 16.6. The maximum absolute atomic E-state index is 12.3. The predicted octanol–water partition coefficient (Wildman–Crippen LogP) is 11.5. The quantitative estimate of drug-likeness (QED) is 0.0320. The molecule has 71 heavy (non-hydrogen) atoms. The molecule has 8 aromatic rings. The zero-order chi connectivity index (χ0) is 49.3. The lowest BCUT2D eigenvalue weighted by Crippen LogP contribution is -2.11. The first kappa shape index (κ1) is 48.3. The van der Waals surface area contributed by atoms with E-state index in [-0.39, 0.29) is 21.2 Å². The summed E-state index contributed by atoms with van der Waals surface area (Å²) in [7, 11) is 1.62. The van der Waals surface area contributed by atoms with Gasteiger partial charge < -0.3 is 47.2 Å². The van der Waals surface area contributed by atoms with E-state index in [1.54, 1.807) is 25.3 Å². The summed E-state index contributed by atoms with van der Waals surface area (Å²) in [5.74, 6) is 2.07. The van der Waals surface area contributed by atoms with Crippen molar-refractivity contribution in [1.29, 1.82) is 0 Å². The summed E-state index contributed by atoms with van der Waals surface area (Å²) in [4.78, 5) is 25.9. The monoisotopic (exact) mass is 961 g/mol. The summed E-state index contributed by atoms with van der Waals surface area (Å²) in [6, 6.07) is 40.5. The summed E-state index contributed by atoms with van der Waals surface area (Å²) in [5, 5.41) is 26.8. The number of allylic oxidation sites excluding steroid dienone is 1. The van der Waals surface area contributed by atoms with E-state index in [0.29, 0.717) is 102 Å². The first-order valence-corrected chi connectivity index (χ1v) is 23.7. The molecule has 0 saturated carbocycles. The zero-order valence-electron chi connectivity index (χ0n) is 39.9. The molecule has 0 spiro atoms. The van der Waals surface area contributed by atoms with E-state index in [4.69, 9.17) is 33.2 Å². The van der Waals surface area contributed by atoms with Gasteiger partial charge in [0.2, 0.25) is 5.70 Å². The van der Waals surface area contributed by atoms with Gasteiger partial charge in [0.25, 0.3) is 5.69 Å². The fourth-order valence-electron chi connectivity index (χ4n) is 9.08. The number of ether oxygens (including phenoxy) is 7. The van der Waals surface area contributed by atoms with Crippen LogP contribution in [0.3, 0.4) is 0 Å². The van der Waals surface area contributed by atoms with E-state index in [1.807, 2.05) is 105 Å². The summed E-state index contributed by atoms with van der Waals surface area (Å²) in [6.07, 6.45) is 2.47. The van der Waals surface area contributed by atoms with Crippen molar-refractivity contribution in [2.45, 2.75) is 26.7 Å². The largest absolute Gasteiger partial charge is 0.497 e. The predicted molar refractivity (Wildman–Crippen MR) is 274 cm³/mol. The van der Waals surface area contributed by atoms with E-state index in [9.17, 15) is 20.2 Å². The van der Waals surface area contributed by atoms with Gasteiger partial charge in [0.15, 0.2) is 0 Å². The van der Waals surface area contributed by atoms with Crippen LogP contribution in [0, 0.1) is 20.2 Å². The smallest absolute Gasteiger partial charge is 0.270 e. The molecule has 1 aliphatic rings. The molecule has 0 unspecified atom stereocenters. The molecule has 366 valence electrons. The standard InChI is InChI=1S/C55H55N5O11/c1-4-66-26-28-68-30-32-70-46-18-8-39(9-19-46)57-52-22-12-41(34-48(52)50-36-43(59(61)62)14-24-54(50)57)56(38-6-16-45(65-3)17-7-38)42-13-23-53-49(35-42)51-37-44(60(63)64)15-25-55(51)58(53)40-10-20-47(21-11-40)71-33-31-69-29-27-67-5-2/h6-14,16-24,34-37H,4-5,15,25-33H2,1-3H3. The van der Waals surface area contributed by atoms with E-state index in [1.165, 1.54) is 6.07 Å². The minimum Gasteiger partial charge on any atom is -0.497 e. The Labute approximate surface area is 410 Å². The second kappa shape index (κ2) is 22.3. The fourth-order valence-corrected chi connectivity index (χ4v) is 9.08. The Bertz CT molecular complexity index is 3180. The number of hydrogen-bond donors (Lipinski definition) is 0. The topological polar surface area (TPSA) is 164 Å². The van der Waals surface area contributed by atoms with Crippen LogP contribution in [0.5, 0.6) is 17.2 Å². The van der Waals surface area contributed by atoms with Crippen LogP contribution >= 0.6 is 0 Å². The number of methoxy groups -OCH3 is 1. The van der Waals surface area contributed by atoms with Crippen molar-refractivity contribution < 1.29 is 43.0 Å². The Hall–Kier alpha value is -7.76. The van der Waals surface area contributed by atoms with Crippen molar-refractivity contribution in [3.05, 3.63) is 165 Å². The average Bonchev–Trinajstić information content (AvgIpc) is 3.90. The van der Waals surface area contributed by atoms with Crippen LogP contribution in [0.1, 0.15) is 31.5 Å². The molecule has 1 aliphatic carbocycles. The van der Waals surface area contributed by atoms with Crippen molar-refractivity contribution in [1.82, 2.24) is 9.13 Å². The van der Waals surface area contributed by atoms with Crippen molar-refractivity contribution in [2.75, 3.05) is 78.1 Å². The van der Waals surface area contributed by atoms with Crippen molar-refractivity contribution in [3.63, 3.8) is 0 Å². The highest BCUT2D eigenvalue weighted by Crippen LogP contribution is 2.44. The van der Waals surface area contributed by atoms with Gasteiger partial charge in [-0.15, -0.1) is 0 Å². The fraction of sp³-hybridized carbons (Fsp3) is 0.273. The van der Waals surface area contributed by atoms with Gasteiger partial charge in [0.05, 0.1) is 73.1 Å². The van der Waals surface area contributed by atoms with Crippen LogP contribution in [-0.2, 0) is 25.4 Å². The number of nitro groups is 2. The van der Waals surface area contributed by atoms with E-state index < -0.39 is 0 Å². The van der Waals surface area contributed by atoms with Crippen LogP contribution in [0.2, 0.25) is 0 Å². The normalized spacial score (nSPS) is 12.3. The van der Waals surface area contributed by atoms with Crippen molar-refractivity contribution >= 4 is 61.5 Å². The second-order valence-corrected chi connectivity index (χ2v) is 16.6. The third-order valence-corrected chi connectivity index (χ3v) is 12.4. The molecule has 0 aliphatic heterocycles. The Morgan fingerprint density at radius 1 is 0.507 bits per heavy atom. The van der Waals surface area contributed by atoms with Gasteiger partial charge in [0, 0.05) is 93.7 Å². The van der Waals surface area contributed by atoms with E-state index in [0.717, 1.165) is 67.0 Å². The molecule has 2 aromatic heterocycles. The molecule has 9 rings (SSSR count). The zero-order valence-corrected chi connectivity index (χ0v) is 39.9. The molecule has 0 atom stereocenters. The van der Waals surface area contributed by atoms with Gasteiger partial charge in [0.1, 0.15) is 30.5 Å². The maximum Gasteiger partial charge on any atom is 0.270 e. The molecule has 2 heterocycles. The number of nitro benzene ring substituents is 1. The number of benzene rings is 6. The van der Waals surface area contributed by atoms with Gasteiger partial charge >= 0.3 is 0 Å². The first-order valence-electron chi connectivity index (χ1n) is 23.7. The molecule has 0 fully saturated rings. The molecular formula is C55H55N5O11. The average molecular weight is 962 g/mol. The lowest BCUT2D eigenvalue weighted by Gasteiger charge is -2.26. The number of nitrogens with zero attached hydrogens (tertiary/aromatic N) is 5. The molecular weight excluding hydrogens is 907 g/mol.